The number of fused-ring (bicyclic) bond motifs is 2. The van der Waals surface area contributed by atoms with Crippen LogP contribution in [0.3, 0.4) is 0 Å². The summed E-state index contributed by atoms with van der Waals surface area (Å²) in [7, 11) is 0. The molecule has 130 valence electrons. The molecule has 0 atom stereocenters. The average Bonchev–Trinajstić information content (AvgIpc) is 3.02. The summed E-state index contributed by atoms with van der Waals surface area (Å²) < 4.78 is 16.5. The first-order chi connectivity index (χ1) is 12.6. The van der Waals surface area contributed by atoms with Gasteiger partial charge in [0.05, 0.1) is 6.42 Å². The predicted octanol–water partition coefficient (Wildman–Crippen LogP) is 3.98. The number of carbonyl (C=O) groups is 1. The number of esters is 1. The minimum absolute atomic E-state index is 0.0120. The zero-order chi connectivity index (χ0) is 18.1. The highest BCUT2D eigenvalue weighted by atomic mass is 79.9. The minimum atomic E-state index is -0.496. The molecule has 0 spiro atoms. The van der Waals surface area contributed by atoms with Crippen molar-refractivity contribution in [1.82, 2.24) is 5.16 Å². The number of hydrogen-bond acceptors (Lipinski definition) is 6. The average molecular weight is 414 g/mol. The van der Waals surface area contributed by atoms with Crippen LogP contribution in [0.25, 0.3) is 21.9 Å². The highest BCUT2D eigenvalue weighted by molar-refractivity contribution is 9.10. The molecule has 0 aliphatic rings. The van der Waals surface area contributed by atoms with Crippen molar-refractivity contribution in [2.75, 3.05) is 0 Å². The van der Waals surface area contributed by atoms with E-state index in [1.54, 1.807) is 18.2 Å². The van der Waals surface area contributed by atoms with Crippen molar-refractivity contribution >= 4 is 43.8 Å². The van der Waals surface area contributed by atoms with Gasteiger partial charge < -0.3 is 13.7 Å². The Balaban J connectivity index is 1.53. The Morgan fingerprint density at radius 2 is 1.92 bits per heavy atom. The molecule has 4 aromatic rings. The quantitative estimate of drug-likeness (QED) is 0.371. The maximum absolute atomic E-state index is 12.2. The van der Waals surface area contributed by atoms with Crippen LogP contribution >= 0.6 is 15.9 Å². The van der Waals surface area contributed by atoms with Gasteiger partial charge in [-0.2, -0.15) is 0 Å². The zero-order valence-electron chi connectivity index (χ0n) is 13.4. The smallest absolute Gasteiger partial charge is 0.336 e. The molecule has 0 bridgehead atoms. The predicted molar refractivity (Wildman–Crippen MR) is 97.7 cm³/mol. The van der Waals surface area contributed by atoms with Gasteiger partial charge in [-0.15, -0.1) is 0 Å². The summed E-state index contributed by atoms with van der Waals surface area (Å²) in [4.78, 5) is 23.9. The number of benzene rings is 2. The van der Waals surface area contributed by atoms with Crippen LogP contribution in [0.4, 0.5) is 0 Å². The summed E-state index contributed by atoms with van der Waals surface area (Å²) in [6.45, 7) is -0.0294. The van der Waals surface area contributed by atoms with Crippen LogP contribution in [0.5, 0.6) is 0 Å². The third kappa shape index (κ3) is 3.25. The van der Waals surface area contributed by atoms with E-state index >= 15 is 0 Å². The first-order valence-corrected chi connectivity index (χ1v) is 8.60. The number of aromatic nitrogens is 1. The van der Waals surface area contributed by atoms with E-state index in [9.17, 15) is 9.59 Å². The number of ether oxygens (including phenoxy) is 1. The molecule has 4 rings (SSSR count). The molecule has 0 amide bonds. The van der Waals surface area contributed by atoms with Crippen molar-refractivity contribution in [3.63, 3.8) is 0 Å². The molecule has 0 aliphatic carbocycles. The molecule has 0 fully saturated rings. The number of carbonyl (C=O) groups excluding carboxylic acids is 1. The topological polar surface area (TPSA) is 82.5 Å². The monoisotopic (exact) mass is 413 g/mol. The van der Waals surface area contributed by atoms with Crippen LogP contribution in [-0.2, 0) is 22.6 Å². The summed E-state index contributed by atoms with van der Waals surface area (Å²) in [5.41, 5.74) is 1.66. The molecule has 0 saturated heterocycles. The van der Waals surface area contributed by atoms with Gasteiger partial charge in [-0.3, -0.25) is 4.79 Å². The molecular formula is C19H12BrNO5. The van der Waals surface area contributed by atoms with Crippen LogP contribution < -0.4 is 5.63 Å². The number of nitrogens with zero attached hydrogens (tertiary/aromatic N) is 1. The van der Waals surface area contributed by atoms with E-state index in [-0.39, 0.29) is 13.0 Å². The molecule has 2 aromatic heterocycles. The molecule has 0 radical (unpaired) electrons. The third-order valence-corrected chi connectivity index (χ3v) is 4.44. The standard InChI is InChI=1S/C19H12BrNO5/c20-12-5-6-13-11(7-19(23)25-17(13)8-12)10-24-18(22)9-15-14-3-1-2-4-16(14)26-21-15/h1-8H,9-10H2. The molecular weight excluding hydrogens is 402 g/mol. The van der Waals surface area contributed by atoms with E-state index in [1.807, 2.05) is 24.3 Å². The summed E-state index contributed by atoms with van der Waals surface area (Å²) in [6.07, 6.45) is -0.0120. The Bertz CT molecular complexity index is 1180. The molecule has 2 heterocycles. The Kier molecular flexibility index (Phi) is 4.30. The molecule has 26 heavy (non-hydrogen) atoms. The summed E-state index contributed by atoms with van der Waals surface area (Å²) in [6, 6.07) is 14.0. The lowest BCUT2D eigenvalue weighted by Crippen LogP contribution is -2.10. The van der Waals surface area contributed by atoms with E-state index in [4.69, 9.17) is 13.7 Å². The fraction of sp³-hybridized carbons (Fsp3) is 0.105. The van der Waals surface area contributed by atoms with Crippen molar-refractivity contribution in [2.24, 2.45) is 0 Å². The maximum atomic E-state index is 12.2. The first kappa shape index (κ1) is 16.5. The molecule has 0 N–H and O–H groups in total. The molecule has 0 unspecified atom stereocenters. The second-order valence-electron chi connectivity index (χ2n) is 5.69. The van der Waals surface area contributed by atoms with Crippen molar-refractivity contribution < 1.29 is 18.5 Å². The number of rotatable bonds is 4. The van der Waals surface area contributed by atoms with Crippen molar-refractivity contribution in [3.8, 4) is 0 Å². The first-order valence-electron chi connectivity index (χ1n) is 7.81. The van der Waals surface area contributed by atoms with E-state index < -0.39 is 11.6 Å². The fourth-order valence-corrected chi connectivity index (χ4v) is 3.07. The largest absolute Gasteiger partial charge is 0.460 e. The summed E-state index contributed by atoms with van der Waals surface area (Å²) in [5, 5.41) is 5.41. The van der Waals surface area contributed by atoms with Crippen molar-refractivity contribution in [2.45, 2.75) is 13.0 Å². The molecule has 0 aliphatic heterocycles. The second kappa shape index (κ2) is 6.76. The van der Waals surface area contributed by atoms with Crippen LogP contribution in [-0.4, -0.2) is 11.1 Å². The Morgan fingerprint density at radius 3 is 2.81 bits per heavy atom. The number of hydrogen-bond donors (Lipinski definition) is 0. The lowest BCUT2D eigenvalue weighted by Gasteiger charge is -2.07. The van der Waals surface area contributed by atoms with Crippen LogP contribution in [0.15, 0.2) is 66.7 Å². The van der Waals surface area contributed by atoms with Crippen LogP contribution in [0, 0.1) is 0 Å². The number of halogens is 1. The molecule has 6 nitrogen and oxygen atoms in total. The van der Waals surface area contributed by atoms with E-state index in [0.29, 0.717) is 27.8 Å². The molecule has 2 aromatic carbocycles. The minimum Gasteiger partial charge on any atom is -0.460 e. The van der Waals surface area contributed by atoms with Gasteiger partial charge in [-0.05, 0) is 30.3 Å². The van der Waals surface area contributed by atoms with Gasteiger partial charge in [-0.25, -0.2) is 4.79 Å². The Hall–Kier alpha value is -2.93. The third-order valence-electron chi connectivity index (χ3n) is 3.94. The van der Waals surface area contributed by atoms with Gasteiger partial charge in [0.25, 0.3) is 0 Å². The summed E-state index contributed by atoms with van der Waals surface area (Å²) in [5.74, 6) is -0.456. The van der Waals surface area contributed by atoms with Gasteiger partial charge in [-0.1, -0.05) is 33.2 Å². The normalized spacial score (nSPS) is 11.1. The van der Waals surface area contributed by atoms with Crippen LogP contribution in [0.1, 0.15) is 11.3 Å². The Labute approximate surface area is 155 Å². The maximum Gasteiger partial charge on any atom is 0.336 e. The molecule has 7 heteroatoms. The number of para-hydroxylation sites is 1. The van der Waals surface area contributed by atoms with Gasteiger partial charge in [0, 0.05) is 26.9 Å². The van der Waals surface area contributed by atoms with Gasteiger partial charge in [0.15, 0.2) is 5.58 Å². The van der Waals surface area contributed by atoms with Gasteiger partial charge in [0.2, 0.25) is 0 Å². The lowest BCUT2D eigenvalue weighted by molar-refractivity contribution is -0.144. The van der Waals surface area contributed by atoms with Crippen molar-refractivity contribution in [1.29, 1.82) is 0 Å². The van der Waals surface area contributed by atoms with E-state index in [1.165, 1.54) is 6.07 Å². The highest BCUT2D eigenvalue weighted by Gasteiger charge is 2.14. The lowest BCUT2D eigenvalue weighted by atomic mass is 10.1. The molecule has 0 saturated carbocycles. The zero-order valence-corrected chi connectivity index (χ0v) is 15.0. The Morgan fingerprint density at radius 1 is 1.08 bits per heavy atom. The highest BCUT2D eigenvalue weighted by Crippen LogP contribution is 2.23. The second-order valence-corrected chi connectivity index (χ2v) is 6.61. The van der Waals surface area contributed by atoms with E-state index in [0.717, 1.165) is 9.86 Å². The van der Waals surface area contributed by atoms with Crippen LogP contribution in [0.2, 0.25) is 0 Å². The van der Waals surface area contributed by atoms with Crippen molar-refractivity contribution in [3.05, 3.63) is 74.7 Å². The van der Waals surface area contributed by atoms with Gasteiger partial charge >= 0.3 is 11.6 Å². The van der Waals surface area contributed by atoms with E-state index in [2.05, 4.69) is 21.1 Å². The fourth-order valence-electron chi connectivity index (χ4n) is 2.73. The SMILES string of the molecule is O=C(Cc1noc2ccccc12)OCc1cc(=O)oc2cc(Br)ccc12. The van der Waals surface area contributed by atoms with Gasteiger partial charge in [0.1, 0.15) is 17.9 Å². The summed E-state index contributed by atoms with van der Waals surface area (Å²) >= 11 is 3.33.